The van der Waals surface area contributed by atoms with Crippen molar-refractivity contribution in [3.8, 4) is 11.5 Å². The predicted molar refractivity (Wildman–Crippen MR) is 91.8 cm³/mol. The number of carbonyl (C=O) groups is 1. The maximum atomic E-state index is 12.6. The topological polar surface area (TPSA) is 38.8 Å². The third-order valence-corrected chi connectivity index (χ3v) is 6.14. The Morgan fingerprint density at radius 3 is 2.70 bits per heavy atom. The highest BCUT2D eigenvalue weighted by Crippen LogP contribution is 2.39. The summed E-state index contributed by atoms with van der Waals surface area (Å²) in [6, 6.07) is 6.62. The first-order valence-corrected chi connectivity index (χ1v) is 9.46. The van der Waals surface area contributed by atoms with E-state index in [2.05, 4.69) is 11.2 Å². The van der Waals surface area contributed by atoms with Crippen LogP contribution in [0.5, 0.6) is 11.5 Å². The van der Waals surface area contributed by atoms with Crippen LogP contribution in [0.25, 0.3) is 6.08 Å². The number of ether oxygens (including phenoxy) is 2. The highest BCUT2D eigenvalue weighted by Gasteiger charge is 2.42. The maximum Gasteiger partial charge on any atom is 0.247 e. The number of piperidine rings is 1. The number of nitrogens with zero attached hydrogens (tertiary/aromatic N) is 1. The van der Waals surface area contributed by atoms with Crippen molar-refractivity contribution in [1.82, 2.24) is 4.90 Å². The molecule has 0 spiro atoms. The summed E-state index contributed by atoms with van der Waals surface area (Å²) in [6.07, 6.45) is 10.4. The maximum absolute atomic E-state index is 12.6. The van der Waals surface area contributed by atoms with Gasteiger partial charge in [0, 0.05) is 23.4 Å². The van der Waals surface area contributed by atoms with Gasteiger partial charge < -0.3 is 14.4 Å². The molecule has 2 saturated heterocycles. The van der Waals surface area contributed by atoms with Crippen LogP contribution in [0.2, 0.25) is 0 Å². The van der Waals surface area contributed by atoms with Gasteiger partial charge in [0.2, 0.25) is 12.7 Å². The average Bonchev–Trinajstić information content (AvgIpc) is 3.14. The molecule has 122 valence electrons. The number of thioether (sulfide) groups is 1. The molecule has 1 amide bonds. The van der Waals surface area contributed by atoms with E-state index in [1.54, 1.807) is 6.08 Å². The van der Waals surface area contributed by atoms with E-state index in [0.29, 0.717) is 12.1 Å². The summed E-state index contributed by atoms with van der Waals surface area (Å²) >= 11 is 1.95. The monoisotopic (exact) mass is 331 g/mol. The van der Waals surface area contributed by atoms with Crippen molar-refractivity contribution in [2.45, 2.75) is 43.0 Å². The molecule has 1 aromatic rings. The number of fused-ring (bicyclic) bond motifs is 3. The Morgan fingerprint density at radius 1 is 1.22 bits per heavy atom. The van der Waals surface area contributed by atoms with E-state index in [1.807, 2.05) is 36.0 Å². The number of hydrogen-bond donors (Lipinski definition) is 0. The first-order valence-electron chi connectivity index (χ1n) is 8.17. The summed E-state index contributed by atoms with van der Waals surface area (Å²) in [5.41, 5.74) is 0.967. The van der Waals surface area contributed by atoms with Gasteiger partial charge >= 0.3 is 0 Å². The van der Waals surface area contributed by atoms with Crippen LogP contribution in [-0.2, 0) is 4.79 Å². The van der Waals surface area contributed by atoms with Gasteiger partial charge in [0.1, 0.15) is 0 Å². The highest BCUT2D eigenvalue weighted by atomic mass is 32.2. The van der Waals surface area contributed by atoms with Gasteiger partial charge in [0.15, 0.2) is 11.5 Å². The fourth-order valence-corrected chi connectivity index (χ4v) is 4.78. The van der Waals surface area contributed by atoms with Crippen molar-refractivity contribution in [3.63, 3.8) is 0 Å². The molecular weight excluding hydrogens is 310 g/mol. The Morgan fingerprint density at radius 2 is 1.96 bits per heavy atom. The summed E-state index contributed by atoms with van der Waals surface area (Å²) in [6.45, 7) is 0.273. The molecule has 2 fully saturated rings. The van der Waals surface area contributed by atoms with Crippen LogP contribution in [0.3, 0.4) is 0 Å². The Bertz CT molecular complexity index is 631. The minimum absolute atomic E-state index is 0.148. The van der Waals surface area contributed by atoms with E-state index < -0.39 is 0 Å². The molecule has 4 rings (SSSR count). The highest BCUT2D eigenvalue weighted by molar-refractivity contribution is 7.99. The lowest BCUT2D eigenvalue weighted by Crippen LogP contribution is -2.46. The fourth-order valence-electron chi connectivity index (χ4n) is 3.95. The smallest absolute Gasteiger partial charge is 0.247 e. The molecule has 5 heteroatoms. The molecule has 3 aliphatic rings. The quantitative estimate of drug-likeness (QED) is 0.797. The van der Waals surface area contributed by atoms with Crippen LogP contribution in [0.1, 0.15) is 31.2 Å². The summed E-state index contributed by atoms with van der Waals surface area (Å²) in [5.74, 6) is 1.67. The third kappa shape index (κ3) is 2.82. The molecule has 4 nitrogen and oxygen atoms in total. The van der Waals surface area contributed by atoms with E-state index in [1.165, 1.54) is 0 Å². The van der Waals surface area contributed by atoms with Gasteiger partial charge in [-0.3, -0.25) is 4.79 Å². The first-order chi connectivity index (χ1) is 11.2. The molecule has 0 aliphatic carbocycles. The van der Waals surface area contributed by atoms with Crippen LogP contribution in [0.4, 0.5) is 0 Å². The minimum atomic E-state index is 0.148. The molecule has 2 atom stereocenters. The number of benzene rings is 1. The molecule has 1 aromatic carbocycles. The summed E-state index contributed by atoms with van der Waals surface area (Å²) in [5, 5.41) is 0.717. The van der Waals surface area contributed by atoms with Gasteiger partial charge in [-0.1, -0.05) is 6.07 Å². The first kappa shape index (κ1) is 14.9. The zero-order valence-electron chi connectivity index (χ0n) is 13.2. The van der Waals surface area contributed by atoms with Crippen molar-refractivity contribution in [1.29, 1.82) is 0 Å². The summed E-state index contributed by atoms with van der Waals surface area (Å²) in [4.78, 5) is 14.8. The number of hydrogen-bond acceptors (Lipinski definition) is 4. The molecular formula is C18H21NO3S. The van der Waals surface area contributed by atoms with Crippen molar-refractivity contribution in [2.24, 2.45) is 0 Å². The van der Waals surface area contributed by atoms with Crippen LogP contribution >= 0.6 is 11.8 Å². The fraction of sp³-hybridized carbons (Fsp3) is 0.500. The van der Waals surface area contributed by atoms with E-state index in [4.69, 9.17) is 9.47 Å². The van der Waals surface area contributed by atoms with E-state index in [-0.39, 0.29) is 12.7 Å². The Kier molecular flexibility index (Phi) is 3.97. The number of amides is 1. The van der Waals surface area contributed by atoms with Crippen molar-refractivity contribution in [2.75, 3.05) is 13.0 Å². The lowest BCUT2D eigenvalue weighted by atomic mass is 10.0. The summed E-state index contributed by atoms with van der Waals surface area (Å²) in [7, 11) is 0. The zero-order valence-corrected chi connectivity index (χ0v) is 14.1. The van der Waals surface area contributed by atoms with E-state index >= 15 is 0 Å². The van der Waals surface area contributed by atoms with Gasteiger partial charge in [-0.15, -0.1) is 0 Å². The Balaban J connectivity index is 1.46. The third-order valence-electron chi connectivity index (χ3n) is 5.09. The van der Waals surface area contributed by atoms with Crippen molar-refractivity contribution in [3.05, 3.63) is 29.8 Å². The number of carbonyl (C=O) groups excluding carboxylic acids is 1. The van der Waals surface area contributed by atoms with Gasteiger partial charge in [-0.2, -0.15) is 11.8 Å². The largest absolute Gasteiger partial charge is 0.454 e. The molecule has 0 N–H and O–H groups in total. The lowest BCUT2D eigenvalue weighted by molar-refractivity contribution is -0.129. The molecule has 23 heavy (non-hydrogen) atoms. The minimum Gasteiger partial charge on any atom is -0.454 e. The standard InChI is InChI=1S/C18H21NO3S/c1-23-15-9-13-4-5-14(10-15)19(13)18(20)7-3-12-2-6-16-17(8-12)22-11-21-16/h2-3,6-8,13-15H,4-5,9-11H2,1H3/b7-3+. The van der Waals surface area contributed by atoms with Crippen molar-refractivity contribution < 1.29 is 14.3 Å². The second-order valence-electron chi connectivity index (χ2n) is 6.41. The van der Waals surface area contributed by atoms with Gasteiger partial charge in [0.25, 0.3) is 0 Å². The molecule has 3 heterocycles. The zero-order chi connectivity index (χ0) is 15.8. The second-order valence-corrected chi connectivity index (χ2v) is 7.54. The van der Waals surface area contributed by atoms with Gasteiger partial charge in [-0.05, 0) is 55.7 Å². The Labute approximate surface area is 140 Å². The summed E-state index contributed by atoms with van der Waals surface area (Å²) < 4.78 is 10.7. The average molecular weight is 331 g/mol. The predicted octanol–water partition coefficient (Wildman–Crippen LogP) is 3.31. The molecule has 0 aromatic heterocycles. The van der Waals surface area contributed by atoms with Crippen LogP contribution in [0, 0.1) is 0 Å². The second kappa shape index (κ2) is 6.11. The van der Waals surface area contributed by atoms with Crippen LogP contribution in [-0.4, -0.2) is 41.2 Å². The Hall–Kier alpha value is -1.62. The van der Waals surface area contributed by atoms with E-state index in [0.717, 1.165) is 48.0 Å². The normalized spacial score (nSPS) is 28.6. The SMILES string of the molecule is CSC1CC2CCC(C1)N2C(=O)/C=C/c1ccc2c(c1)OCO2. The molecule has 0 radical (unpaired) electrons. The van der Waals surface area contributed by atoms with Crippen LogP contribution in [0.15, 0.2) is 24.3 Å². The van der Waals surface area contributed by atoms with Crippen molar-refractivity contribution >= 4 is 23.7 Å². The molecule has 2 bridgehead atoms. The lowest BCUT2D eigenvalue weighted by Gasteiger charge is -2.37. The number of rotatable bonds is 3. The molecule has 0 saturated carbocycles. The molecule has 2 unspecified atom stereocenters. The van der Waals surface area contributed by atoms with Gasteiger partial charge in [0.05, 0.1) is 0 Å². The molecule has 3 aliphatic heterocycles. The van der Waals surface area contributed by atoms with Gasteiger partial charge in [-0.25, -0.2) is 0 Å². The van der Waals surface area contributed by atoms with E-state index in [9.17, 15) is 4.79 Å². The van der Waals surface area contributed by atoms with Crippen LogP contribution < -0.4 is 9.47 Å².